The van der Waals surface area contributed by atoms with E-state index in [-0.39, 0.29) is 11.7 Å². The molecular formula is C13H28O4. The van der Waals surface area contributed by atoms with Gasteiger partial charge in [0.05, 0.1) is 12.2 Å². The van der Waals surface area contributed by atoms with Crippen LogP contribution >= 0.6 is 0 Å². The molecule has 0 rings (SSSR count). The van der Waals surface area contributed by atoms with Gasteiger partial charge in [-0.25, -0.2) is 19.6 Å². The summed E-state index contributed by atoms with van der Waals surface area (Å²) in [6.07, 6.45) is 3.76. The van der Waals surface area contributed by atoms with E-state index in [9.17, 15) is 0 Å². The molecule has 0 aromatic heterocycles. The molecule has 1 atom stereocenters. The van der Waals surface area contributed by atoms with Gasteiger partial charge in [-0.2, -0.15) is 0 Å². The van der Waals surface area contributed by atoms with Crippen LogP contribution in [0, 0.1) is 0 Å². The first kappa shape index (κ1) is 16.8. The van der Waals surface area contributed by atoms with E-state index in [0.717, 1.165) is 25.7 Å². The van der Waals surface area contributed by atoms with Crippen LogP contribution < -0.4 is 0 Å². The van der Waals surface area contributed by atoms with Crippen LogP contribution in [0.4, 0.5) is 0 Å². The quantitative estimate of drug-likeness (QED) is 0.318. The van der Waals surface area contributed by atoms with Crippen molar-refractivity contribution in [1.82, 2.24) is 0 Å². The fourth-order valence-corrected chi connectivity index (χ4v) is 0.857. The van der Waals surface area contributed by atoms with Crippen LogP contribution in [0.2, 0.25) is 0 Å². The molecular weight excluding hydrogens is 220 g/mol. The smallest absolute Gasteiger partial charge is 0.119 e. The van der Waals surface area contributed by atoms with E-state index in [1.54, 1.807) is 0 Å². The third-order valence-electron chi connectivity index (χ3n) is 2.64. The second kappa shape index (κ2) is 9.83. The van der Waals surface area contributed by atoms with Gasteiger partial charge in [-0.05, 0) is 33.1 Å². The molecule has 0 aliphatic carbocycles. The highest BCUT2D eigenvalue weighted by molar-refractivity contribution is 4.62. The van der Waals surface area contributed by atoms with E-state index >= 15 is 0 Å². The molecule has 104 valence electrons. The molecule has 0 aromatic rings. The molecule has 1 unspecified atom stereocenters. The molecule has 0 N–H and O–H groups in total. The van der Waals surface area contributed by atoms with Crippen LogP contribution in [0.25, 0.3) is 0 Å². The van der Waals surface area contributed by atoms with Crippen LogP contribution in [-0.4, -0.2) is 24.9 Å². The standard InChI is InChI=1S/C13H28O4/c1-6-9-10-14-15-11-12(7-2)16-17-13(4,5)8-3/h12H,6-11H2,1-5H3. The van der Waals surface area contributed by atoms with E-state index in [1.165, 1.54) is 0 Å². The Labute approximate surface area is 105 Å². The van der Waals surface area contributed by atoms with Crippen LogP contribution in [0.1, 0.15) is 60.3 Å². The highest BCUT2D eigenvalue weighted by Gasteiger charge is 2.19. The Balaban J connectivity index is 3.62. The Kier molecular flexibility index (Phi) is 9.74. The summed E-state index contributed by atoms with van der Waals surface area (Å²) in [4.78, 5) is 20.8. The SMILES string of the molecule is CCCCOOCC(CC)OOC(C)(C)CC. The number of hydrogen-bond acceptors (Lipinski definition) is 4. The third kappa shape index (κ3) is 9.53. The van der Waals surface area contributed by atoms with Crippen molar-refractivity contribution in [2.45, 2.75) is 72.0 Å². The Hall–Kier alpha value is -0.160. The highest BCUT2D eigenvalue weighted by atomic mass is 17.2. The van der Waals surface area contributed by atoms with E-state index in [4.69, 9.17) is 19.6 Å². The lowest BCUT2D eigenvalue weighted by molar-refractivity contribution is -0.400. The fraction of sp³-hybridized carbons (Fsp3) is 1.00. The second-order valence-corrected chi connectivity index (χ2v) is 4.78. The van der Waals surface area contributed by atoms with Gasteiger partial charge in [0.15, 0.2) is 0 Å². The van der Waals surface area contributed by atoms with Crippen LogP contribution in [-0.2, 0) is 19.6 Å². The van der Waals surface area contributed by atoms with Crippen molar-refractivity contribution in [3.05, 3.63) is 0 Å². The minimum Gasteiger partial charge on any atom is -0.237 e. The molecule has 0 fully saturated rings. The van der Waals surface area contributed by atoms with Crippen LogP contribution in [0.3, 0.4) is 0 Å². The summed E-state index contributed by atoms with van der Waals surface area (Å²) in [7, 11) is 0. The lowest BCUT2D eigenvalue weighted by atomic mass is 10.1. The van der Waals surface area contributed by atoms with E-state index < -0.39 is 0 Å². The van der Waals surface area contributed by atoms with E-state index in [0.29, 0.717) is 13.2 Å². The Morgan fingerprint density at radius 3 is 2.29 bits per heavy atom. The summed E-state index contributed by atoms with van der Waals surface area (Å²) in [6.45, 7) is 11.2. The maximum Gasteiger partial charge on any atom is 0.119 e. The van der Waals surface area contributed by atoms with E-state index in [1.807, 2.05) is 20.8 Å². The van der Waals surface area contributed by atoms with Crippen LogP contribution in [0.5, 0.6) is 0 Å². The third-order valence-corrected chi connectivity index (χ3v) is 2.64. The zero-order chi connectivity index (χ0) is 13.1. The maximum atomic E-state index is 5.37. The van der Waals surface area contributed by atoms with Gasteiger partial charge in [0.2, 0.25) is 0 Å². The van der Waals surface area contributed by atoms with Gasteiger partial charge in [0, 0.05) is 0 Å². The molecule has 0 aliphatic heterocycles. The lowest BCUT2D eigenvalue weighted by Crippen LogP contribution is -2.28. The fourth-order valence-electron chi connectivity index (χ4n) is 0.857. The molecule has 0 spiro atoms. The number of rotatable bonds is 11. The molecule has 4 heteroatoms. The molecule has 4 nitrogen and oxygen atoms in total. The molecule has 0 saturated heterocycles. The van der Waals surface area contributed by atoms with Gasteiger partial charge in [-0.1, -0.05) is 27.2 Å². The first-order valence-electron chi connectivity index (χ1n) is 6.64. The van der Waals surface area contributed by atoms with Gasteiger partial charge in [-0.3, -0.25) is 0 Å². The van der Waals surface area contributed by atoms with Gasteiger partial charge < -0.3 is 0 Å². The van der Waals surface area contributed by atoms with Crippen molar-refractivity contribution in [3.8, 4) is 0 Å². The normalized spacial score (nSPS) is 13.9. The monoisotopic (exact) mass is 248 g/mol. The van der Waals surface area contributed by atoms with Gasteiger partial charge >= 0.3 is 0 Å². The maximum absolute atomic E-state index is 5.37. The predicted octanol–water partition coefficient (Wildman–Crippen LogP) is 3.65. The molecule has 0 aromatic carbocycles. The predicted molar refractivity (Wildman–Crippen MR) is 67.4 cm³/mol. The average molecular weight is 248 g/mol. The van der Waals surface area contributed by atoms with Crippen molar-refractivity contribution in [3.63, 3.8) is 0 Å². The van der Waals surface area contributed by atoms with Crippen molar-refractivity contribution < 1.29 is 19.6 Å². The molecule has 0 amide bonds. The van der Waals surface area contributed by atoms with Crippen molar-refractivity contribution in [1.29, 1.82) is 0 Å². The molecule has 0 bridgehead atoms. The minimum atomic E-state index is -0.253. The van der Waals surface area contributed by atoms with E-state index in [2.05, 4.69) is 13.8 Å². The van der Waals surface area contributed by atoms with Gasteiger partial charge in [-0.15, -0.1) is 0 Å². The lowest BCUT2D eigenvalue weighted by Gasteiger charge is -2.24. The Morgan fingerprint density at radius 1 is 1.06 bits per heavy atom. The summed E-state index contributed by atoms with van der Waals surface area (Å²) >= 11 is 0. The summed E-state index contributed by atoms with van der Waals surface area (Å²) in [5.74, 6) is 0. The Morgan fingerprint density at radius 2 is 1.76 bits per heavy atom. The summed E-state index contributed by atoms with van der Waals surface area (Å²) in [6, 6.07) is 0. The molecule has 0 radical (unpaired) electrons. The molecule has 0 aliphatic rings. The first-order valence-corrected chi connectivity index (χ1v) is 6.64. The molecule has 0 saturated carbocycles. The van der Waals surface area contributed by atoms with Crippen molar-refractivity contribution in [2.75, 3.05) is 13.2 Å². The summed E-state index contributed by atoms with van der Waals surface area (Å²) < 4.78 is 0. The Bertz CT molecular complexity index is 171. The topological polar surface area (TPSA) is 36.9 Å². The summed E-state index contributed by atoms with van der Waals surface area (Å²) in [5.41, 5.74) is -0.253. The summed E-state index contributed by atoms with van der Waals surface area (Å²) in [5, 5.41) is 0. The first-order chi connectivity index (χ1) is 8.05. The second-order valence-electron chi connectivity index (χ2n) is 4.78. The number of unbranched alkanes of at least 4 members (excludes halogenated alkanes) is 1. The van der Waals surface area contributed by atoms with Gasteiger partial charge in [0.1, 0.15) is 12.7 Å². The minimum absolute atomic E-state index is 0.0811. The zero-order valence-electron chi connectivity index (χ0n) is 12.0. The number of hydrogen-bond donors (Lipinski definition) is 0. The highest BCUT2D eigenvalue weighted by Crippen LogP contribution is 2.15. The zero-order valence-corrected chi connectivity index (χ0v) is 12.0. The molecule has 0 heterocycles. The average Bonchev–Trinajstić information content (AvgIpc) is 2.32. The van der Waals surface area contributed by atoms with Gasteiger partial charge in [0.25, 0.3) is 0 Å². The van der Waals surface area contributed by atoms with Crippen LogP contribution in [0.15, 0.2) is 0 Å². The molecule has 17 heavy (non-hydrogen) atoms. The van der Waals surface area contributed by atoms with Crippen molar-refractivity contribution in [2.24, 2.45) is 0 Å². The van der Waals surface area contributed by atoms with Crippen molar-refractivity contribution >= 4 is 0 Å². The largest absolute Gasteiger partial charge is 0.237 e.